The zero-order valence-electron chi connectivity index (χ0n) is 16.9. The van der Waals surface area contributed by atoms with Crippen LogP contribution in [0.2, 0.25) is 0 Å². The highest BCUT2D eigenvalue weighted by Gasteiger charge is 2.23. The number of rotatable bonds is 8. The summed E-state index contributed by atoms with van der Waals surface area (Å²) in [5.74, 6) is -1.65. The van der Waals surface area contributed by atoms with Crippen molar-refractivity contribution in [3.8, 4) is 11.1 Å². The van der Waals surface area contributed by atoms with Gasteiger partial charge in [0.2, 0.25) is 5.95 Å². The fraction of sp³-hybridized carbons (Fsp3) is 0.409. The first kappa shape index (κ1) is 24.7. The second-order valence-electron chi connectivity index (χ2n) is 7.44. The minimum absolute atomic E-state index is 0. The molecule has 1 aromatic carbocycles. The van der Waals surface area contributed by atoms with Crippen molar-refractivity contribution in [3.63, 3.8) is 0 Å². The minimum Gasteiger partial charge on any atom is -0.481 e. The van der Waals surface area contributed by atoms with Crippen LogP contribution in [-0.2, 0) is 20.9 Å². The van der Waals surface area contributed by atoms with Gasteiger partial charge in [0.05, 0.1) is 0 Å². The van der Waals surface area contributed by atoms with E-state index >= 15 is 0 Å². The zero-order valence-corrected chi connectivity index (χ0v) is 16.9. The Morgan fingerprint density at radius 3 is 2.50 bits per heavy atom. The number of halogens is 1. The molecule has 1 fully saturated rings. The number of carboxylic acid groups (broad SMARTS) is 1. The summed E-state index contributed by atoms with van der Waals surface area (Å²) in [6.07, 6.45) is 4.43. The van der Waals surface area contributed by atoms with E-state index in [0.29, 0.717) is 24.6 Å². The number of esters is 1. The topological polar surface area (TPSA) is 142 Å². The van der Waals surface area contributed by atoms with E-state index < -0.39 is 17.8 Å². The summed E-state index contributed by atoms with van der Waals surface area (Å²) in [6, 6.07) is 4.75. The van der Waals surface area contributed by atoms with E-state index in [1.54, 1.807) is 12.1 Å². The van der Waals surface area contributed by atoms with Crippen LogP contribution in [-0.4, -0.2) is 45.9 Å². The number of benzene rings is 1. The fourth-order valence-corrected chi connectivity index (χ4v) is 3.49. The van der Waals surface area contributed by atoms with E-state index in [1.165, 1.54) is 18.5 Å². The van der Waals surface area contributed by atoms with E-state index in [0.717, 1.165) is 12.8 Å². The Morgan fingerprint density at radius 2 is 1.91 bits per heavy atom. The third kappa shape index (κ3) is 6.47. The van der Waals surface area contributed by atoms with Crippen molar-refractivity contribution in [2.24, 2.45) is 11.7 Å². The molecule has 32 heavy (non-hydrogen) atoms. The number of nitrogens with zero attached hydrogens (tertiary/aromatic N) is 3. The summed E-state index contributed by atoms with van der Waals surface area (Å²) in [7, 11) is 0. The molecule has 1 aromatic heterocycles. The Morgan fingerprint density at radius 1 is 1.25 bits per heavy atom. The zero-order chi connectivity index (χ0) is 22.4. The smallest absolute Gasteiger partial charge is 0.313 e. The Labute approximate surface area is 185 Å². The summed E-state index contributed by atoms with van der Waals surface area (Å²) >= 11 is 0. The molecule has 1 saturated heterocycles. The summed E-state index contributed by atoms with van der Waals surface area (Å²) in [5.41, 5.74) is 6.11. The van der Waals surface area contributed by atoms with Gasteiger partial charge in [-0.05, 0) is 18.8 Å². The molecule has 0 atom stereocenters. The number of hydrogen-bond donors (Lipinski definition) is 3. The molecule has 0 spiro atoms. The van der Waals surface area contributed by atoms with Gasteiger partial charge in [0.1, 0.15) is 24.7 Å². The van der Waals surface area contributed by atoms with E-state index in [1.807, 2.05) is 4.90 Å². The lowest BCUT2D eigenvalue weighted by Gasteiger charge is -2.31. The first-order chi connectivity index (χ1) is 14.8. The van der Waals surface area contributed by atoms with Crippen LogP contribution in [0, 0.1) is 17.1 Å². The summed E-state index contributed by atoms with van der Waals surface area (Å²) in [4.78, 5) is 33.1. The monoisotopic (exact) mass is 445 g/mol. The molecule has 0 saturated carbocycles. The molecule has 9 nitrogen and oxygen atoms in total. The molecular formula is C22H28FN5O4. The van der Waals surface area contributed by atoms with Gasteiger partial charge in [0.25, 0.3) is 0 Å². The molecule has 1 aliphatic rings. The van der Waals surface area contributed by atoms with Gasteiger partial charge in [-0.2, -0.15) is 0 Å². The first-order valence-corrected chi connectivity index (χ1v) is 9.88. The number of aliphatic carboxylic acids is 1. The Balaban J connectivity index is 0.00000363. The average Bonchev–Trinajstić information content (AvgIpc) is 2.73. The van der Waals surface area contributed by atoms with Crippen LogP contribution in [0.1, 0.15) is 38.7 Å². The van der Waals surface area contributed by atoms with Gasteiger partial charge >= 0.3 is 11.9 Å². The Bertz CT molecular complexity index is 959. The lowest BCUT2D eigenvalue weighted by Crippen LogP contribution is -2.35. The molecule has 0 amide bonds. The third-order valence-electron chi connectivity index (χ3n) is 5.11. The quantitative estimate of drug-likeness (QED) is 0.320. The van der Waals surface area contributed by atoms with E-state index in [-0.39, 0.29) is 49.8 Å². The fourth-order valence-electron chi connectivity index (χ4n) is 3.49. The number of carbonyl (C=O) groups excluding carboxylic acids is 1. The molecule has 0 unspecified atom stereocenters. The maximum atomic E-state index is 14.9. The molecule has 3 rings (SSSR count). The predicted molar refractivity (Wildman–Crippen MR) is 118 cm³/mol. The number of nitrogens with two attached hydrogens (primary N) is 1. The molecule has 4 N–H and O–H groups in total. The highest BCUT2D eigenvalue weighted by atomic mass is 19.1. The number of carbonyl (C=O) groups is 2. The molecule has 10 heteroatoms. The number of aromatic nitrogens is 2. The van der Waals surface area contributed by atoms with Crippen molar-refractivity contribution in [2.45, 2.75) is 39.7 Å². The van der Waals surface area contributed by atoms with Crippen LogP contribution < -0.4 is 10.6 Å². The minimum atomic E-state index is -0.781. The second-order valence-corrected chi connectivity index (χ2v) is 7.44. The lowest BCUT2D eigenvalue weighted by atomic mass is 9.94. The largest absolute Gasteiger partial charge is 0.481 e. The van der Waals surface area contributed by atoms with Gasteiger partial charge in [-0.15, -0.1) is 0 Å². The first-order valence-electron chi connectivity index (χ1n) is 9.88. The number of amidine groups is 1. The molecule has 0 radical (unpaired) electrons. The van der Waals surface area contributed by atoms with Gasteiger partial charge < -0.3 is 20.5 Å². The lowest BCUT2D eigenvalue weighted by molar-refractivity contribution is -0.143. The van der Waals surface area contributed by atoms with Crippen LogP contribution in [0.25, 0.3) is 11.1 Å². The van der Waals surface area contributed by atoms with E-state index in [2.05, 4.69) is 9.97 Å². The summed E-state index contributed by atoms with van der Waals surface area (Å²) < 4.78 is 19.9. The number of anilines is 1. The standard InChI is InChI=1S/C21H24FN5O4.CH4/c22-20-14(12-31-19(30)9-17(23)24)2-1-3-16(20)15-10-25-21(26-11-15)27-6-4-13(5-7-27)8-18(28)29;/h1-3,10-11,13H,4-9,12H2,(H3,23,24)(H,28,29);1H4. The highest BCUT2D eigenvalue weighted by molar-refractivity contribution is 5.94. The maximum absolute atomic E-state index is 14.9. The molecule has 172 valence electrons. The van der Waals surface area contributed by atoms with Crippen molar-refractivity contribution in [3.05, 3.63) is 42.0 Å². The number of nitrogens with one attached hydrogen (secondary N) is 1. The highest BCUT2D eigenvalue weighted by Crippen LogP contribution is 2.27. The van der Waals surface area contributed by atoms with Crippen LogP contribution in [0.3, 0.4) is 0 Å². The van der Waals surface area contributed by atoms with Crippen molar-refractivity contribution in [1.82, 2.24) is 9.97 Å². The average molecular weight is 445 g/mol. The normalized spacial score (nSPS) is 13.8. The molecule has 2 heterocycles. The Kier molecular flexibility index (Phi) is 8.62. The van der Waals surface area contributed by atoms with Crippen molar-refractivity contribution in [2.75, 3.05) is 18.0 Å². The molecule has 0 bridgehead atoms. The van der Waals surface area contributed by atoms with Crippen molar-refractivity contribution < 1.29 is 23.8 Å². The van der Waals surface area contributed by atoms with Crippen molar-refractivity contribution >= 4 is 23.7 Å². The van der Waals surface area contributed by atoms with Crippen molar-refractivity contribution in [1.29, 1.82) is 5.41 Å². The van der Waals surface area contributed by atoms with Crippen LogP contribution >= 0.6 is 0 Å². The Hall–Kier alpha value is -3.56. The molecule has 1 aliphatic heterocycles. The summed E-state index contributed by atoms with van der Waals surface area (Å²) in [6.45, 7) is 1.08. The van der Waals surface area contributed by atoms with Gasteiger partial charge in [0, 0.05) is 48.6 Å². The van der Waals surface area contributed by atoms with Gasteiger partial charge in [-0.25, -0.2) is 14.4 Å². The molecular weight excluding hydrogens is 417 g/mol. The van der Waals surface area contributed by atoms with Crippen LogP contribution in [0.5, 0.6) is 0 Å². The van der Waals surface area contributed by atoms with Crippen LogP contribution in [0.15, 0.2) is 30.6 Å². The molecule has 2 aromatic rings. The van der Waals surface area contributed by atoms with Crippen LogP contribution in [0.4, 0.5) is 10.3 Å². The second kappa shape index (κ2) is 11.2. The SMILES string of the molecule is C.N=C(N)CC(=O)OCc1cccc(-c2cnc(N3CCC(CC(=O)O)CC3)nc2)c1F. The van der Waals surface area contributed by atoms with E-state index in [4.69, 9.17) is 21.0 Å². The number of ether oxygens (including phenoxy) is 1. The number of carboxylic acids is 1. The number of hydrogen-bond acceptors (Lipinski definition) is 7. The molecule has 0 aliphatic carbocycles. The van der Waals surface area contributed by atoms with Gasteiger partial charge in [-0.3, -0.25) is 15.0 Å². The third-order valence-corrected chi connectivity index (χ3v) is 5.11. The predicted octanol–water partition coefficient (Wildman–Crippen LogP) is 2.98. The summed E-state index contributed by atoms with van der Waals surface area (Å²) in [5, 5.41) is 16.0. The van der Waals surface area contributed by atoms with Gasteiger partial charge in [-0.1, -0.05) is 25.6 Å². The van der Waals surface area contributed by atoms with E-state index in [9.17, 15) is 14.0 Å². The van der Waals surface area contributed by atoms with Gasteiger partial charge in [0.15, 0.2) is 0 Å². The maximum Gasteiger partial charge on any atom is 0.313 e. The number of piperidine rings is 1.